The molecule has 7 heteroatoms. The Morgan fingerprint density at radius 1 is 1.05 bits per heavy atom. The summed E-state index contributed by atoms with van der Waals surface area (Å²) in [5.41, 5.74) is 5.45. The first-order valence-electron chi connectivity index (χ1n) is 7.52. The maximum Gasteiger partial charge on any atom is 0.243 e. The predicted molar refractivity (Wildman–Crippen MR) is 86.5 cm³/mol. The molecule has 22 heavy (non-hydrogen) atoms. The van der Waals surface area contributed by atoms with Gasteiger partial charge < -0.3 is 16.4 Å². The molecule has 0 aromatic heterocycles. The number of ketones is 1. The Labute approximate surface area is 132 Å². The van der Waals surface area contributed by atoms with Gasteiger partial charge in [-0.25, -0.2) is 0 Å². The number of Topliss-reactive ketones (excluding diaryl/α,β-unsaturated/α-hetero) is 1. The molecule has 0 aromatic rings. The minimum atomic E-state index is -0.676. The lowest BCUT2D eigenvalue weighted by atomic mass is 10.1. The molecule has 0 saturated carbocycles. The van der Waals surface area contributed by atoms with E-state index in [0.717, 1.165) is 0 Å². The number of hydrogen-bond donors (Lipinski definition) is 3. The average Bonchev–Trinajstić information content (AvgIpc) is 2.40. The molecule has 2 atom stereocenters. The van der Waals surface area contributed by atoms with Crippen LogP contribution in [0.1, 0.15) is 47.5 Å². The second-order valence-corrected chi connectivity index (χ2v) is 5.72. The normalized spacial score (nSPS) is 14.4. The van der Waals surface area contributed by atoms with Gasteiger partial charge in [0.25, 0.3) is 0 Å². The highest BCUT2D eigenvalue weighted by molar-refractivity contribution is 5.92. The van der Waals surface area contributed by atoms with Gasteiger partial charge in [0.1, 0.15) is 6.04 Å². The molecule has 7 nitrogen and oxygen atoms in total. The fraction of sp³-hybridized carbons (Fsp3) is 0.733. The third-order valence-corrected chi connectivity index (χ3v) is 3.14. The molecule has 0 aliphatic rings. The highest BCUT2D eigenvalue weighted by Gasteiger charge is 2.23. The van der Waals surface area contributed by atoms with Crippen LogP contribution in [0, 0.1) is 5.92 Å². The third kappa shape index (κ3) is 8.39. The molecule has 4 N–H and O–H groups in total. The zero-order chi connectivity index (χ0) is 17.3. The molecule has 0 radical (unpaired) electrons. The number of carbonyl (C=O) groups excluding carboxylic acids is 3. The molecule has 0 aliphatic carbocycles. The molecule has 0 unspecified atom stereocenters. The molecular weight excluding hydrogens is 284 g/mol. The zero-order valence-corrected chi connectivity index (χ0v) is 14.1. The van der Waals surface area contributed by atoms with Crippen molar-refractivity contribution >= 4 is 23.4 Å². The van der Waals surface area contributed by atoms with Crippen molar-refractivity contribution in [3.63, 3.8) is 0 Å². The third-order valence-electron chi connectivity index (χ3n) is 3.14. The lowest BCUT2D eigenvalue weighted by molar-refractivity contribution is -0.132. The number of amidine groups is 1. The van der Waals surface area contributed by atoms with Gasteiger partial charge >= 0.3 is 0 Å². The van der Waals surface area contributed by atoms with Crippen LogP contribution in [0.5, 0.6) is 0 Å². The number of nitrogens with two attached hydrogens (primary N) is 1. The molecular formula is C15H28N4O3. The molecule has 0 bridgehead atoms. The second-order valence-electron chi connectivity index (χ2n) is 5.72. The topological polar surface area (TPSA) is 114 Å². The van der Waals surface area contributed by atoms with Gasteiger partial charge in [-0.15, -0.1) is 0 Å². The van der Waals surface area contributed by atoms with E-state index in [1.54, 1.807) is 27.7 Å². The van der Waals surface area contributed by atoms with Crippen LogP contribution in [0.2, 0.25) is 0 Å². The molecule has 0 aromatic carbocycles. The largest absolute Gasteiger partial charge is 0.388 e. The first kappa shape index (κ1) is 20.1. The molecule has 0 aliphatic heterocycles. The van der Waals surface area contributed by atoms with Gasteiger partial charge in [-0.3, -0.25) is 19.4 Å². The van der Waals surface area contributed by atoms with Crippen molar-refractivity contribution in [2.45, 2.75) is 59.5 Å². The Balaban J connectivity index is 4.69. The van der Waals surface area contributed by atoms with Crippen LogP contribution >= 0.6 is 0 Å². The maximum absolute atomic E-state index is 12.2. The number of hydrogen-bond acceptors (Lipinski definition) is 4. The smallest absolute Gasteiger partial charge is 0.243 e. The van der Waals surface area contributed by atoms with E-state index in [1.807, 2.05) is 0 Å². The summed E-state index contributed by atoms with van der Waals surface area (Å²) in [4.78, 5) is 39.3. The van der Waals surface area contributed by atoms with E-state index in [-0.39, 0.29) is 23.5 Å². The van der Waals surface area contributed by atoms with Gasteiger partial charge in [-0.2, -0.15) is 0 Å². The van der Waals surface area contributed by atoms with Crippen molar-refractivity contribution < 1.29 is 14.4 Å². The number of amides is 2. The molecule has 2 amide bonds. The standard InChI is InChI=1S/C15H28N4O3/c1-9(2)14(21)19-13(7-6-8-17-12(5)16)15(22)18-10(3)11(4)20/h9-10,13H,6-8H2,1-5H3,(H2,16,17)(H,18,22)(H,19,21)/t10-,13-/m0/s1. The monoisotopic (exact) mass is 312 g/mol. The number of carbonyl (C=O) groups is 3. The molecule has 0 rings (SSSR count). The van der Waals surface area contributed by atoms with Gasteiger partial charge in [0.15, 0.2) is 5.78 Å². The summed E-state index contributed by atoms with van der Waals surface area (Å²) in [6.07, 6.45) is 1.05. The first-order valence-corrected chi connectivity index (χ1v) is 7.52. The van der Waals surface area contributed by atoms with E-state index in [2.05, 4.69) is 15.6 Å². The number of aliphatic imine (C=N–C) groups is 1. The highest BCUT2D eigenvalue weighted by atomic mass is 16.2. The summed E-state index contributed by atoms with van der Waals surface area (Å²) in [5, 5.41) is 5.32. The van der Waals surface area contributed by atoms with E-state index >= 15 is 0 Å². The highest BCUT2D eigenvalue weighted by Crippen LogP contribution is 2.02. The van der Waals surface area contributed by atoms with E-state index in [9.17, 15) is 14.4 Å². The number of nitrogens with zero attached hydrogens (tertiary/aromatic N) is 1. The summed E-state index contributed by atoms with van der Waals surface area (Å²) in [5.74, 6) is -0.424. The van der Waals surface area contributed by atoms with E-state index in [1.165, 1.54) is 6.92 Å². The van der Waals surface area contributed by atoms with Crippen molar-refractivity contribution in [1.82, 2.24) is 10.6 Å². The van der Waals surface area contributed by atoms with Crippen LogP contribution < -0.4 is 16.4 Å². The minimum absolute atomic E-state index is 0.134. The molecule has 0 saturated heterocycles. The molecule has 126 valence electrons. The quantitative estimate of drug-likeness (QED) is 0.324. The van der Waals surface area contributed by atoms with Gasteiger partial charge in [-0.05, 0) is 33.6 Å². The molecule has 0 fully saturated rings. The Kier molecular flexibility index (Phi) is 9.05. The van der Waals surface area contributed by atoms with Crippen molar-refractivity contribution in [1.29, 1.82) is 0 Å². The Morgan fingerprint density at radius 2 is 1.64 bits per heavy atom. The Hall–Kier alpha value is -1.92. The maximum atomic E-state index is 12.2. The average molecular weight is 312 g/mol. The van der Waals surface area contributed by atoms with E-state index < -0.39 is 12.1 Å². The van der Waals surface area contributed by atoms with Crippen molar-refractivity contribution in [2.75, 3.05) is 6.54 Å². The van der Waals surface area contributed by atoms with Crippen LogP contribution in [-0.2, 0) is 14.4 Å². The van der Waals surface area contributed by atoms with Crippen LogP contribution in [0.3, 0.4) is 0 Å². The Morgan fingerprint density at radius 3 is 2.09 bits per heavy atom. The van der Waals surface area contributed by atoms with Gasteiger partial charge in [0.05, 0.1) is 11.9 Å². The van der Waals surface area contributed by atoms with E-state index in [4.69, 9.17) is 5.73 Å². The number of rotatable bonds is 9. The predicted octanol–water partition coefficient (Wildman–Crippen LogP) is 0.378. The summed E-state index contributed by atoms with van der Waals surface area (Å²) in [7, 11) is 0. The lowest BCUT2D eigenvalue weighted by Gasteiger charge is -2.21. The molecule has 0 heterocycles. The van der Waals surface area contributed by atoms with Gasteiger partial charge in [-0.1, -0.05) is 13.8 Å². The van der Waals surface area contributed by atoms with Crippen molar-refractivity contribution in [3.8, 4) is 0 Å². The van der Waals surface area contributed by atoms with Gasteiger partial charge in [0, 0.05) is 12.5 Å². The fourth-order valence-corrected chi connectivity index (χ4v) is 1.57. The fourth-order valence-electron chi connectivity index (χ4n) is 1.57. The lowest BCUT2D eigenvalue weighted by Crippen LogP contribution is -2.51. The summed E-state index contributed by atoms with van der Waals surface area (Å²) < 4.78 is 0. The van der Waals surface area contributed by atoms with Crippen LogP contribution in [0.25, 0.3) is 0 Å². The van der Waals surface area contributed by atoms with Gasteiger partial charge in [0.2, 0.25) is 11.8 Å². The zero-order valence-electron chi connectivity index (χ0n) is 14.1. The number of nitrogens with one attached hydrogen (secondary N) is 2. The molecule has 0 spiro atoms. The summed E-state index contributed by atoms with van der Waals surface area (Å²) >= 11 is 0. The van der Waals surface area contributed by atoms with Crippen LogP contribution in [-0.4, -0.2) is 42.1 Å². The van der Waals surface area contributed by atoms with Crippen molar-refractivity contribution in [3.05, 3.63) is 0 Å². The SMILES string of the molecule is CC(=O)[C@H](C)NC(=O)[C@H](CCCN=C(C)N)NC(=O)C(C)C. The van der Waals surface area contributed by atoms with Crippen LogP contribution in [0.15, 0.2) is 4.99 Å². The second kappa shape index (κ2) is 9.92. The first-order chi connectivity index (χ1) is 10.1. The van der Waals surface area contributed by atoms with Crippen LogP contribution in [0.4, 0.5) is 0 Å². The summed E-state index contributed by atoms with van der Waals surface area (Å²) in [6.45, 7) is 8.72. The van der Waals surface area contributed by atoms with Crippen molar-refractivity contribution in [2.24, 2.45) is 16.6 Å². The Bertz CT molecular complexity index is 429. The summed E-state index contributed by atoms with van der Waals surface area (Å²) in [6, 6.07) is -1.25. The minimum Gasteiger partial charge on any atom is -0.388 e. The van der Waals surface area contributed by atoms with E-state index in [0.29, 0.717) is 25.2 Å².